The van der Waals surface area contributed by atoms with Crippen LogP contribution in [0.2, 0.25) is 0 Å². The Kier molecular flexibility index (Phi) is 15.4. The number of carbonyl (C=O) groups excluding carboxylic acids is 4. The van der Waals surface area contributed by atoms with Gasteiger partial charge in [0.15, 0.2) is 0 Å². The van der Waals surface area contributed by atoms with E-state index < -0.39 is 35.1 Å². The molecule has 0 bridgehead atoms. The second-order valence-corrected chi connectivity index (χ2v) is 17.6. The summed E-state index contributed by atoms with van der Waals surface area (Å²) >= 11 is 0. The summed E-state index contributed by atoms with van der Waals surface area (Å²) in [7, 11) is 1.28. The summed E-state index contributed by atoms with van der Waals surface area (Å²) in [6, 6.07) is 27.9. The fourth-order valence-corrected chi connectivity index (χ4v) is 7.80. The Hall–Kier alpha value is -5.82. The minimum Gasteiger partial charge on any atom is -0.453 e. The maximum absolute atomic E-state index is 14.9. The Balaban J connectivity index is 1.43. The lowest BCUT2D eigenvalue weighted by Crippen LogP contribution is -2.57. The standard InChI is InChI=1S/C47H61N7O6/c1-32-14-13-17-36(51-32)30-53-24-25-54(45(53)59)42(46(2,3)4)43(57)52-40(27-37(55)29-49-41(56)28-47(5,6)31-50-44(58)60-7)38(26-33-15-9-8-10-16-33)34-19-21-35(22-20-34)39-18-11-12-23-48-39/h8-23,37-38,40,42,55H,24-31H2,1-7H3,(H,49,56)(H,50,58)(H,52,57). The zero-order valence-electron chi connectivity index (χ0n) is 36.0. The third kappa shape index (κ3) is 12.8. The van der Waals surface area contributed by atoms with Gasteiger partial charge in [-0.2, -0.15) is 0 Å². The number of aryl methyl sites for hydroxylation is 1. The Morgan fingerprint density at radius 3 is 2.25 bits per heavy atom. The molecule has 1 fully saturated rings. The maximum Gasteiger partial charge on any atom is 0.406 e. The van der Waals surface area contributed by atoms with Gasteiger partial charge in [-0.15, -0.1) is 0 Å². The molecule has 1 saturated heterocycles. The van der Waals surface area contributed by atoms with E-state index in [1.807, 2.05) is 133 Å². The van der Waals surface area contributed by atoms with Gasteiger partial charge < -0.3 is 35.6 Å². The number of aliphatic hydroxyl groups is 1. The summed E-state index contributed by atoms with van der Waals surface area (Å²) in [5.74, 6) is -0.930. The van der Waals surface area contributed by atoms with Crippen LogP contribution in [0.3, 0.4) is 0 Å². The fraction of sp³-hybridized carbons (Fsp3) is 0.447. The summed E-state index contributed by atoms with van der Waals surface area (Å²) in [4.78, 5) is 66.2. The second-order valence-electron chi connectivity index (χ2n) is 17.6. The molecule has 1 aliphatic heterocycles. The van der Waals surface area contributed by atoms with E-state index in [0.717, 1.165) is 33.8 Å². The van der Waals surface area contributed by atoms with E-state index in [9.17, 15) is 24.3 Å². The molecule has 2 aromatic carbocycles. The maximum atomic E-state index is 14.9. The highest BCUT2D eigenvalue weighted by atomic mass is 16.5. The highest BCUT2D eigenvalue weighted by molar-refractivity contribution is 5.89. The number of aliphatic hydroxyl groups excluding tert-OH is 1. The molecule has 13 nitrogen and oxygen atoms in total. The molecule has 4 aromatic rings. The van der Waals surface area contributed by atoms with E-state index in [1.54, 1.807) is 16.0 Å². The number of nitrogens with zero attached hydrogens (tertiary/aromatic N) is 4. The third-order valence-electron chi connectivity index (χ3n) is 10.8. The van der Waals surface area contributed by atoms with Crippen molar-refractivity contribution in [3.63, 3.8) is 0 Å². The van der Waals surface area contributed by atoms with Gasteiger partial charge >= 0.3 is 12.1 Å². The first kappa shape index (κ1) is 45.3. The van der Waals surface area contributed by atoms with E-state index in [2.05, 4.69) is 30.7 Å². The molecular formula is C47H61N7O6. The second kappa shape index (κ2) is 20.4. The molecule has 4 unspecified atom stereocenters. The van der Waals surface area contributed by atoms with E-state index in [0.29, 0.717) is 26.1 Å². The van der Waals surface area contributed by atoms with Crippen molar-refractivity contribution < 1.29 is 29.0 Å². The molecule has 2 aromatic heterocycles. The third-order valence-corrected chi connectivity index (χ3v) is 10.8. The lowest BCUT2D eigenvalue weighted by Gasteiger charge is -2.39. The first-order valence-corrected chi connectivity index (χ1v) is 20.6. The SMILES string of the molecule is COC(=O)NCC(C)(C)CC(=O)NCC(O)CC(NC(=O)C(N1CCN(Cc2cccc(C)n2)C1=O)C(C)(C)C)C(Cc1ccccc1)c1ccc(-c2ccccn2)cc1. The van der Waals surface area contributed by atoms with Crippen LogP contribution >= 0.6 is 0 Å². The van der Waals surface area contributed by atoms with Gasteiger partial charge in [0.25, 0.3) is 0 Å². The van der Waals surface area contributed by atoms with Crippen LogP contribution in [0.5, 0.6) is 0 Å². The number of nitrogens with one attached hydrogen (secondary N) is 3. The number of amides is 5. The van der Waals surface area contributed by atoms with E-state index in [1.165, 1.54) is 7.11 Å². The van der Waals surface area contributed by atoms with Crippen molar-refractivity contribution in [2.45, 2.75) is 91.5 Å². The Morgan fingerprint density at radius 2 is 1.60 bits per heavy atom. The Labute approximate surface area is 354 Å². The van der Waals surface area contributed by atoms with Crippen LogP contribution < -0.4 is 16.0 Å². The first-order valence-electron chi connectivity index (χ1n) is 20.6. The van der Waals surface area contributed by atoms with Crippen molar-refractivity contribution in [1.29, 1.82) is 0 Å². The largest absolute Gasteiger partial charge is 0.453 e. The van der Waals surface area contributed by atoms with Crippen LogP contribution in [0.15, 0.2) is 97.2 Å². The predicted octanol–water partition coefficient (Wildman–Crippen LogP) is 6.26. The van der Waals surface area contributed by atoms with Crippen LogP contribution in [0.25, 0.3) is 11.3 Å². The minimum atomic E-state index is -1.04. The quantitative estimate of drug-likeness (QED) is 0.0915. The monoisotopic (exact) mass is 819 g/mol. The number of benzene rings is 2. The van der Waals surface area contributed by atoms with E-state index in [-0.39, 0.29) is 49.7 Å². The molecule has 4 atom stereocenters. The van der Waals surface area contributed by atoms with Crippen LogP contribution in [0, 0.1) is 17.8 Å². The Morgan fingerprint density at radius 1 is 0.883 bits per heavy atom. The highest BCUT2D eigenvalue weighted by Crippen LogP contribution is 2.32. The molecular weight excluding hydrogens is 759 g/mol. The number of pyridine rings is 2. The first-order chi connectivity index (χ1) is 28.5. The molecule has 60 heavy (non-hydrogen) atoms. The molecule has 0 aliphatic carbocycles. The van der Waals surface area contributed by atoms with Crippen molar-refractivity contribution >= 4 is 23.9 Å². The zero-order chi connectivity index (χ0) is 43.5. The van der Waals surface area contributed by atoms with Gasteiger partial charge in [0, 0.05) is 62.0 Å². The van der Waals surface area contributed by atoms with Crippen molar-refractivity contribution in [1.82, 2.24) is 35.7 Å². The number of ether oxygens (including phenoxy) is 1. The van der Waals surface area contributed by atoms with Crippen LogP contribution in [0.1, 0.15) is 75.9 Å². The Bertz CT molecular complexity index is 2040. The van der Waals surface area contributed by atoms with Crippen molar-refractivity contribution in [2.24, 2.45) is 10.8 Å². The predicted molar refractivity (Wildman–Crippen MR) is 232 cm³/mol. The normalized spacial score (nSPS) is 15.2. The average Bonchev–Trinajstić information content (AvgIpc) is 3.56. The van der Waals surface area contributed by atoms with Crippen LogP contribution in [-0.4, -0.2) is 100 Å². The minimum absolute atomic E-state index is 0.0579. The van der Waals surface area contributed by atoms with E-state index in [4.69, 9.17) is 0 Å². The molecule has 13 heteroatoms. The van der Waals surface area contributed by atoms with Gasteiger partial charge in [-0.3, -0.25) is 19.6 Å². The van der Waals surface area contributed by atoms with Gasteiger partial charge in [-0.1, -0.05) is 101 Å². The number of aromatic nitrogens is 2. The van der Waals surface area contributed by atoms with E-state index >= 15 is 0 Å². The van der Waals surface area contributed by atoms with Crippen molar-refractivity contribution in [2.75, 3.05) is 33.3 Å². The molecule has 5 amide bonds. The lowest BCUT2D eigenvalue weighted by atomic mass is 9.81. The van der Waals surface area contributed by atoms with Crippen molar-refractivity contribution in [3.8, 4) is 11.3 Å². The molecule has 0 radical (unpaired) electrons. The molecule has 320 valence electrons. The summed E-state index contributed by atoms with van der Waals surface area (Å²) in [5.41, 5.74) is 4.18. The summed E-state index contributed by atoms with van der Waals surface area (Å²) < 4.78 is 4.67. The number of hydrogen-bond donors (Lipinski definition) is 4. The van der Waals surface area contributed by atoms with Crippen molar-refractivity contribution in [3.05, 3.63) is 120 Å². The molecule has 4 N–H and O–H groups in total. The van der Waals surface area contributed by atoms with Gasteiger partial charge in [0.2, 0.25) is 11.8 Å². The van der Waals surface area contributed by atoms with Gasteiger partial charge in [-0.05, 0) is 66.0 Å². The number of hydrogen-bond acceptors (Lipinski definition) is 8. The number of urea groups is 1. The molecule has 0 spiro atoms. The number of methoxy groups -OCH3 is 1. The van der Waals surface area contributed by atoms with Gasteiger partial charge in [0.1, 0.15) is 6.04 Å². The lowest BCUT2D eigenvalue weighted by molar-refractivity contribution is -0.130. The summed E-state index contributed by atoms with van der Waals surface area (Å²) in [6.45, 7) is 12.8. The van der Waals surface area contributed by atoms with Crippen LogP contribution in [0.4, 0.5) is 9.59 Å². The van der Waals surface area contributed by atoms with Gasteiger partial charge in [0.05, 0.1) is 31.1 Å². The number of carbonyl (C=O) groups is 4. The topological polar surface area (TPSA) is 166 Å². The smallest absolute Gasteiger partial charge is 0.406 e. The summed E-state index contributed by atoms with van der Waals surface area (Å²) in [6.07, 6.45) is 0.869. The average molecular weight is 820 g/mol. The molecule has 5 rings (SSSR count). The molecule has 0 saturated carbocycles. The van der Waals surface area contributed by atoms with Crippen LogP contribution in [-0.2, 0) is 27.3 Å². The molecule has 3 heterocycles. The highest BCUT2D eigenvalue weighted by Gasteiger charge is 2.44. The molecule has 1 aliphatic rings. The van der Waals surface area contributed by atoms with Gasteiger partial charge in [-0.25, -0.2) is 9.59 Å². The fourth-order valence-electron chi connectivity index (χ4n) is 7.80. The number of alkyl carbamates (subject to hydrolysis) is 1. The summed E-state index contributed by atoms with van der Waals surface area (Å²) in [5, 5.41) is 20.5. The number of rotatable bonds is 18. The zero-order valence-corrected chi connectivity index (χ0v) is 36.0.